The first-order valence-electron chi connectivity index (χ1n) is 6.19. The van der Waals surface area contributed by atoms with Gasteiger partial charge in [-0.25, -0.2) is 0 Å². The van der Waals surface area contributed by atoms with Gasteiger partial charge in [0.05, 0.1) is 16.5 Å². The number of anilines is 1. The molecule has 5 heteroatoms. The number of hydrogen-bond acceptors (Lipinski definition) is 5. The molecule has 2 aromatic carbocycles. The molecule has 5 nitrogen and oxygen atoms in total. The third kappa shape index (κ3) is 2.31. The lowest BCUT2D eigenvalue weighted by Gasteiger charge is -2.13. The third-order valence-corrected chi connectivity index (χ3v) is 3.04. The Bertz CT molecular complexity index is 610. The zero-order valence-electron chi connectivity index (χ0n) is 10.6. The molecule has 5 N–H and O–H groups in total. The van der Waals surface area contributed by atoms with Crippen molar-refractivity contribution in [3.05, 3.63) is 18.2 Å². The van der Waals surface area contributed by atoms with Crippen molar-refractivity contribution in [2.75, 3.05) is 11.9 Å². The molecule has 0 saturated carbocycles. The largest absolute Gasteiger partial charge is 0.507 e. The highest BCUT2D eigenvalue weighted by atomic mass is 16.3. The lowest BCUT2D eigenvalue weighted by molar-refractivity contribution is 0.448. The van der Waals surface area contributed by atoms with Crippen LogP contribution in [-0.2, 0) is 0 Å². The van der Waals surface area contributed by atoms with Gasteiger partial charge in [0.25, 0.3) is 0 Å². The average molecular weight is 263 g/mol. The minimum absolute atomic E-state index is 0.0403. The molecule has 0 amide bonds. The molecule has 0 unspecified atom stereocenters. The summed E-state index contributed by atoms with van der Waals surface area (Å²) in [7, 11) is 0. The number of hydrogen-bond donors (Lipinski definition) is 5. The summed E-state index contributed by atoms with van der Waals surface area (Å²) in [5.74, 6) is -0.766. The Morgan fingerprint density at radius 1 is 0.947 bits per heavy atom. The van der Waals surface area contributed by atoms with Crippen LogP contribution in [0.2, 0.25) is 0 Å². The van der Waals surface area contributed by atoms with Crippen molar-refractivity contribution < 1.29 is 20.4 Å². The van der Waals surface area contributed by atoms with E-state index in [1.54, 1.807) is 0 Å². The number of benzene rings is 2. The molecule has 2 rings (SSSR count). The van der Waals surface area contributed by atoms with Crippen LogP contribution in [0.5, 0.6) is 23.0 Å². The van der Waals surface area contributed by atoms with Gasteiger partial charge in [-0.3, -0.25) is 0 Å². The number of phenols is 4. The molecule has 0 fully saturated rings. The van der Waals surface area contributed by atoms with Crippen LogP contribution in [0.3, 0.4) is 0 Å². The van der Waals surface area contributed by atoms with Crippen LogP contribution in [0.25, 0.3) is 10.8 Å². The molecule has 0 spiro atoms. The smallest absolute Gasteiger partial charge is 0.150 e. The van der Waals surface area contributed by atoms with E-state index in [0.29, 0.717) is 12.2 Å². The van der Waals surface area contributed by atoms with Crippen molar-refractivity contribution in [1.29, 1.82) is 0 Å². The first-order chi connectivity index (χ1) is 9.06. The standard InChI is InChI=1S/C14H17NO4/c1-2-3-6-15-8-7-11(18)12-9(16)4-5-10(17)13(12)14(8)19/h4-5,7,15-19H,2-3,6H2,1H3. The highest BCUT2D eigenvalue weighted by Gasteiger charge is 2.17. The van der Waals surface area contributed by atoms with Crippen LogP contribution in [0.4, 0.5) is 5.69 Å². The molecule has 0 aromatic heterocycles. The molecular formula is C14H17NO4. The Kier molecular flexibility index (Phi) is 3.55. The predicted molar refractivity (Wildman–Crippen MR) is 74.0 cm³/mol. The monoisotopic (exact) mass is 263 g/mol. The molecule has 0 bridgehead atoms. The van der Waals surface area contributed by atoms with Crippen molar-refractivity contribution in [2.24, 2.45) is 0 Å². The van der Waals surface area contributed by atoms with Crippen molar-refractivity contribution in [3.63, 3.8) is 0 Å². The van der Waals surface area contributed by atoms with Crippen LogP contribution >= 0.6 is 0 Å². The van der Waals surface area contributed by atoms with Crippen LogP contribution < -0.4 is 5.32 Å². The molecular weight excluding hydrogens is 246 g/mol. The Balaban J connectivity index is 2.58. The fourth-order valence-electron chi connectivity index (χ4n) is 2.03. The van der Waals surface area contributed by atoms with Crippen molar-refractivity contribution in [3.8, 4) is 23.0 Å². The second kappa shape index (κ2) is 5.14. The predicted octanol–water partition coefficient (Wildman–Crippen LogP) is 2.87. The van der Waals surface area contributed by atoms with Crippen LogP contribution in [0, 0.1) is 0 Å². The maximum atomic E-state index is 10.1. The molecule has 102 valence electrons. The lowest BCUT2D eigenvalue weighted by Crippen LogP contribution is -2.01. The van der Waals surface area contributed by atoms with Gasteiger partial charge < -0.3 is 25.7 Å². The van der Waals surface area contributed by atoms with Crippen LogP contribution in [0.1, 0.15) is 19.8 Å². The minimum Gasteiger partial charge on any atom is -0.507 e. The molecule has 0 saturated heterocycles. The summed E-state index contributed by atoms with van der Waals surface area (Å²) in [5, 5.41) is 42.6. The number of fused-ring (bicyclic) bond motifs is 1. The van der Waals surface area contributed by atoms with E-state index in [1.807, 2.05) is 6.92 Å². The Morgan fingerprint density at radius 3 is 2.21 bits per heavy atom. The summed E-state index contributed by atoms with van der Waals surface area (Å²) in [6.45, 7) is 2.69. The third-order valence-electron chi connectivity index (χ3n) is 3.04. The van der Waals surface area contributed by atoms with E-state index in [2.05, 4.69) is 5.32 Å². The second-order valence-electron chi connectivity index (χ2n) is 4.43. The summed E-state index contributed by atoms with van der Waals surface area (Å²) in [4.78, 5) is 0. The van der Waals surface area contributed by atoms with Gasteiger partial charge in [0.1, 0.15) is 17.2 Å². The average Bonchev–Trinajstić information content (AvgIpc) is 2.38. The lowest BCUT2D eigenvalue weighted by atomic mass is 10.0. The van der Waals surface area contributed by atoms with Crippen LogP contribution in [0.15, 0.2) is 18.2 Å². The van der Waals surface area contributed by atoms with Gasteiger partial charge in [0.2, 0.25) is 0 Å². The molecule has 0 atom stereocenters. The van der Waals surface area contributed by atoms with Gasteiger partial charge in [-0.1, -0.05) is 13.3 Å². The van der Waals surface area contributed by atoms with E-state index in [0.717, 1.165) is 12.8 Å². The van der Waals surface area contributed by atoms with Crippen LogP contribution in [-0.4, -0.2) is 27.0 Å². The van der Waals surface area contributed by atoms with Gasteiger partial charge in [0, 0.05) is 12.6 Å². The van der Waals surface area contributed by atoms with Gasteiger partial charge in [0.15, 0.2) is 5.75 Å². The number of nitrogens with one attached hydrogen (secondary N) is 1. The topological polar surface area (TPSA) is 93.0 Å². The van der Waals surface area contributed by atoms with Crippen molar-refractivity contribution in [2.45, 2.75) is 19.8 Å². The second-order valence-corrected chi connectivity index (χ2v) is 4.43. The number of unbranched alkanes of at least 4 members (excludes halogenated alkanes) is 1. The zero-order valence-corrected chi connectivity index (χ0v) is 10.6. The number of aromatic hydroxyl groups is 4. The summed E-state index contributed by atoms with van der Waals surface area (Å²) in [6, 6.07) is 3.88. The molecule has 0 radical (unpaired) electrons. The van der Waals surface area contributed by atoms with E-state index in [4.69, 9.17) is 0 Å². The number of rotatable bonds is 4. The normalized spacial score (nSPS) is 10.8. The minimum atomic E-state index is -0.195. The van der Waals surface area contributed by atoms with Gasteiger partial charge >= 0.3 is 0 Å². The Morgan fingerprint density at radius 2 is 1.58 bits per heavy atom. The Labute approximate surface area is 110 Å². The molecule has 0 heterocycles. The first-order valence-corrected chi connectivity index (χ1v) is 6.19. The SMILES string of the molecule is CCCCNc1cc(O)c2c(O)ccc(O)c2c1O. The zero-order chi connectivity index (χ0) is 14.0. The molecule has 2 aromatic rings. The maximum absolute atomic E-state index is 10.1. The molecule has 19 heavy (non-hydrogen) atoms. The summed E-state index contributed by atoms with van der Waals surface area (Å²) < 4.78 is 0. The summed E-state index contributed by atoms with van der Waals surface area (Å²) >= 11 is 0. The van der Waals surface area contributed by atoms with E-state index in [-0.39, 0.29) is 33.8 Å². The fraction of sp³-hybridized carbons (Fsp3) is 0.286. The van der Waals surface area contributed by atoms with E-state index in [9.17, 15) is 20.4 Å². The number of phenolic OH excluding ortho intramolecular Hbond substituents is 4. The van der Waals surface area contributed by atoms with E-state index < -0.39 is 0 Å². The van der Waals surface area contributed by atoms with Gasteiger partial charge in [-0.2, -0.15) is 0 Å². The highest BCUT2D eigenvalue weighted by molar-refractivity contribution is 6.04. The Hall–Kier alpha value is -2.30. The molecule has 0 aliphatic carbocycles. The van der Waals surface area contributed by atoms with Crippen molar-refractivity contribution >= 4 is 16.5 Å². The first kappa shape index (κ1) is 13.1. The summed E-state index contributed by atoms with van der Waals surface area (Å²) in [6.07, 6.45) is 1.92. The van der Waals surface area contributed by atoms with E-state index in [1.165, 1.54) is 18.2 Å². The molecule has 0 aliphatic heterocycles. The quantitative estimate of drug-likeness (QED) is 0.332. The molecule has 0 aliphatic rings. The van der Waals surface area contributed by atoms with Crippen molar-refractivity contribution in [1.82, 2.24) is 0 Å². The van der Waals surface area contributed by atoms with E-state index >= 15 is 0 Å². The fourth-order valence-corrected chi connectivity index (χ4v) is 2.03. The van der Waals surface area contributed by atoms with Gasteiger partial charge in [-0.15, -0.1) is 0 Å². The summed E-state index contributed by atoms with van der Waals surface area (Å²) in [5.41, 5.74) is 0.333. The van der Waals surface area contributed by atoms with Gasteiger partial charge in [-0.05, 0) is 18.6 Å². The highest BCUT2D eigenvalue weighted by Crippen LogP contribution is 2.46. The maximum Gasteiger partial charge on any atom is 0.150 e.